The Morgan fingerprint density at radius 1 is 1.18 bits per heavy atom. The van der Waals surface area contributed by atoms with Gasteiger partial charge in [-0.15, -0.1) is 0 Å². The lowest BCUT2D eigenvalue weighted by molar-refractivity contribution is -0.709. The fourth-order valence-electron chi connectivity index (χ4n) is 2.22. The Kier molecular flexibility index (Phi) is 5.52. The molecule has 2 atom stereocenters. The Bertz CT molecular complexity index is 648. The van der Waals surface area contributed by atoms with E-state index in [0.29, 0.717) is 5.69 Å². The van der Waals surface area contributed by atoms with Gasteiger partial charge in [0, 0.05) is 11.3 Å². The van der Waals surface area contributed by atoms with Crippen LogP contribution in [0, 0.1) is 5.82 Å². The lowest BCUT2D eigenvalue weighted by Gasteiger charge is -2.17. The average Bonchev–Trinajstić information content (AvgIpc) is 2.51. The van der Waals surface area contributed by atoms with Crippen molar-refractivity contribution in [3.63, 3.8) is 0 Å². The minimum absolute atomic E-state index is 0.00733. The van der Waals surface area contributed by atoms with Gasteiger partial charge in [-0.25, -0.2) is 4.39 Å². The minimum atomic E-state index is -0.503. The van der Waals surface area contributed by atoms with Crippen LogP contribution in [0.4, 0.5) is 10.1 Å². The number of halogens is 2. The Hall–Kier alpha value is -1.91. The van der Waals surface area contributed by atoms with Crippen molar-refractivity contribution in [3.05, 3.63) is 64.9 Å². The number of anilines is 1. The molecular formula is C17H19ClFN2O+. The first-order valence-corrected chi connectivity index (χ1v) is 7.51. The Labute approximate surface area is 134 Å². The molecule has 22 heavy (non-hydrogen) atoms. The van der Waals surface area contributed by atoms with E-state index < -0.39 is 5.82 Å². The molecule has 116 valence electrons. The van der Waals surface area contributed by atoms with Gasteiger partial charge < -0.3 is 10.6 Å². The van der Waals surface area contributed by atoms with Gasteiger partial charge in [0.15, 0.2) is 6.04 Å². The summed E-state index contributed by atoms with van der Waals surface area (Å²) < 4.78 is 13.1. The summed E-state index contributed by atoms with van der Waals surface area (Å²) in [5, 5.41) is 4.72. The highest BCUT2D eigenvalue weighted by atomic mass is 35.5. The molecule has 3 nitrogen and oxygen atoms in total. The van der Waals surface area contributed by atoms with Crippen LogP contribution in [0.25, 0.3) is 0 Å². The van der Waals surface area contributed by atoms with Crippen LogP contribution in [-0.2, 0) is 4.79 Å². The largest absolute Gasteiger partial charge is 0.330 e. The first-order valence-electron chi connectivity index (χ1n) is 7.13. The van der Waals surface area contributed by atoms with Crippen molar-refractivity contribution >= 4 is 23.2 Å². The highest BCUT2D eigenvalue weighted by molar-refractivity contribution is 6.31. The molecule has 0 aliphatic heterocycles. The molecule has 0 aromatic heterocycles. The van der Waals surface area contributed by atoms with Crippen LogP contribution >= 0.6 is 11.6 Å². The second-order valence-electron chi connectivity index (χ2n) is 5.30. The van der Waals surface area contributed by atoms with Crippen molar-refractivity contribution in [1.29, 1.82) is 0 Å². The molecular weight excluding hydrogens is 303 g/mol. The number of nitrogens with two attached hydrogens (primary N) is 1. The van der Waals surface area contributed by atoms with Crippen LogP contribution in [0.2, 0.25) is 5.02 Å². The number of carbonyl (C=O) groups is 1. The summed E-state index contributed by atoms with van der Waals surface area (Å²) in [6, 6.07) is 14.0. The maximum atomic E-state index is 13.1. The fraction of sp³-hybridized carbons (Fsp3) is 0.235. The molecule has 0 radical (unpaired) electrons. The molecule has 1 amide bonds. The smallest absolute Gasteiger partial charge is 0.282 e. The first kappa shape index (κ1) is 16.5. The molecule has 5 heteroatoms. The number of quaternary nitrogens is 1. The quantitative estimate of drug-likeness (QED) is 0.873. The number of benzene rings is 2. The average molecular weight is 322 g/mol. The van der Waals surface area contributed by atoms with E-state index in [2.05, 4.69) is 5.32 Å². The third-order valence-electron chi connectivity index (χ3n) is 3.50. The molecule has 0 aliphatic carbocycles. The van der Waals surface area contributed by atoms with E-state index in [9.17, 15) is 9.18 Å². The molecule has 0 bridgehead atoms. The summed E-state index contributed by atoms with van der Waals surface area (Å²) in [6.07, 6.45) is 0. The van der Waals surface area contributed by atoms with Gasteiger partial charge in [0.1, 0.15) is 11.9 Å². The summed E-state index contributed by atoms with van der Waals surface area (Å²) in [6.45, 7) is 3.88. The Morgan fingerprint density at radius 3 is 2.50 bits per heavy atom. The second-order valence-corrected chi connectivity index (χ2v) is 5.71. The maximum Gasteiger partial charge on any atom is 0.282 e. The molecule has 0 saturated carbocycles. The maximum absolute atomic E-state index is 13.1. The predicted molar refractivity (Wildman–Crippen MR) is 86.3 cm³/mol. The monoisotopic (exact) mass is 321 g/mol. The van der Waals surface area contributed by atoms with Crippen LogP contribution in [0.3, 0.4) is 0 Å². The zero-order chi connectivity index (χ0) is 16.1. The molecule has 0 aliphatic rings. The van der Waals surface area contributed by atoms with Crippen molar-refractivity contribution < 1.29 is 14.5 Å². The molecule has 2 aromatic carbocycles. The normalized spacial score (nSPS) is 13.5. The van der Waals surface area contributed by atoms with E-state index in [0.717, 1.165) is 5.56 Å². The molecule has 0 fully saturated rings. The van der Waals surface area contributed by atoms with Crippen molar-refractivity contribution in [2.45, 2.75) is 25.9 Å². The Morgan fingerprint density at radius 2 is 1.86 bits per heavy atom. The van der Waals surface area contributed by atoms with E-state index in [1.807, 2.05) is 49.5 Å². The Balaban J connectivity index is 1.95. The first-order chi connectivity index (χ1) is 10.5. The summed E-state index contributed by atoms with van der Waals surface area (Å²) in [5.74, 6) is -0.651. The van der Waals surface area contributed by atoms with Crippen molar-refractivity contribution in [2.24, 2.45) is 0 Å². The zero-order valence-corrected chi connectivity index (χ0v) is 13.3. The number of carbonyl (C=O) groups excluding carboxylic acids is 1. The standard InChI is InChI=1S/C17H18ClFN2O/c1-11(13-6-4-3-5-7-13)20-12(2)17(22)21-14-8-9-16(19)15(18)10-14/h3-12,20H,1-2H3,(H,21,22)/p+1/t11-,12+/m1/s1. The predicted octanol–water partition coefficient (Wildman–Crippen LogP) is 3.13. The van der Waals surface area contributed by atoms with Crippen LogP contribution in [0.5, 0.6) is 0 Å². The molecule has 3 N–H and O–H groups in total. The number of hydrogen-bond donors (Lipinski definition) is 2. The SMILES string of the molecule is C[C@H]([NH2+][C@H](C)c1ccccc1)C(=O)Nc1ccc(F)c(Cl)c1. The zero-order valence-electron chi connectivity index (χ0n) is 12.5. The number of hydrogen-bond acceptors (Lipinski definition) is 1. The van der Waals surface area contributed by atoms with Gasteiger partial charge in [0.25, 0.3) is 5.91 Å². The third kappa shape index (κ3) is 4.29. The summed E-state index contributed by atoms with van der Waals surface area (Å²) in [7, 11) is 0. The van der Waals surface area contributed by atoms with Crippen LogP contribution in [0.1, 0.15) is 25.5 Å². The van der Waals surface area contributed by atoms with Gasteiger partial charge in [0.05, 0.1) is 5.02 Å². The van der Waals surface area contributed by atoms with E-state index in [4.69, 9.17) is 11.6 Å². The van der Waals surface area contributed by atoms with E-state index in [1.165, 1.54) is 18.2 Å². The van der Waals surface area contributed by atoms with Crippen LogP contribution < -0.4 is 10.6 Å². The third-order valence-corrected chi connectivity index (χ3v) is 3.79. The summed E-state index contributed by atoms with van der Waals surface area (Å²) in [5.41, 5.74) is 1.65. The van der Waals surface area contributed by atoms with Crippen LogP contribution in [0.15, 0.2) is 48.5 Å². The van der Waals surface area contributed by atoms with Gasteiger partial charge >= 0.3 is 0 Å². The molecule has 0 unspecified atom stereocenters. The molecule has 2 rings (SSSR count). The van der Waals surface area contributed by atoms with Crippen molar-refractivity contribution in [3.8, 4) is 0 Å². The van der Waals surface area contributed by atoms with E-state index in [1.54, 1.807) is 0 Å². The number of rotatable bonds is 5. The minimum Gasteiger partial charge on any atom is -0.330 e. The van der Waals surface area contributed by atoms with Gasteiger partial charge in [-0.2, -0.15) is 0 Å². The van der Waals surface area contributed by atoms with Gasteiger partial charge in [0.2, 0.25) is 0 Å². The van der Waals surface area contributed by atoms with Gasteiger partial charge in [-0.05, 0) is 32.0 Å². The lowest BCUT2D eigenvalue weighted by atomic mass is 10.1. The lowest BCUT2D eigenvalue weighted by Crippen LogP contribution is -2.91. The van der Waals surface area contributed by atoms with Gasteiger partial charge in [-0.1, -0.05) is 41.9 Å². The fourth-order valence-corrected chi connectivity index (χ4v) is 2.40. The van der Waals surface area contributed by atoms with Crippen molar-refractivity contribution in [2.75, 3.05) is 5.32 Å². The molecule has 2 aromatic rings. The molecule has 0 saturated heterocycles. The summed E-state index contributed by atoms with van der Waals surface area (Å²) >= 11 is 5.71. The topological polar surface area (TPSA) is 45.7 Å². The number of amides is 1. The molecule has 0 heterocycles. The number of nitrogens with one attached hydrogen (secondary N) is 1. The van der Waals surface area contributed by atoms with Gasteiger partial charge in [-0.3, -0.25) is 4.79 Å². The highest BCUT2D eigenvalue weighted by Crippen LogP contribution is 2.19. The highest BCUT2D eigenvalue weighted by Gasteiger charge is 2.20. The van der Waals surface area contributed by atoms with E-state index >= 15 is 0 Å². The molecule has 0 spiro atoms. The van der Waals surface area contributed by atoms with Crippen LogP contribution in [-0.4, -0.2) is 11.9 Å². The second kappa shape index (κ2) is 7.38. The summed E-state index contributed by atoms with van der Waals surface area (Å²) in [4.78, 5) is 12.2. The van der Waals surface area contributed by atoms with E-state index in [-0.39, 0.29) is 23.0 Å². The van der Waals surface area contributed by atoms with Crippen molar-refractivity contribution in [1.82, 2.24) is 0 Å².